The third-order valence-electron chi connectivity index (χ3n) is 4.25. The van der Waals surface area contributed by atoms with E-state index < -0.39 is 0 Å². The zero-order valence-electron chi connectivity index (χ0n) is 13.9. The lowest BCUT2D eigenvalue weighted by atomic mass is 10.1. The van der Waals surface area contributed by atoms with Crippen LogP contribution < -0.4 is 10.2 Å². The summed E-state index contributed by atoms with van der Waals surface area (Å²) in [6, 6.07) is 14.2. The molecule has 0 saturated carbocycles. The molecule has 0 radical (unpaired) electrons. The van der Waals surface area contributed by atoms with E-state index in [2.05, 4.69) is 27.3 Å². The van der Waals surface area contributed by atoms with Gasteiger partial charge in [0, 0.05) is 38.5 Å². The largest absolute Gasteiger partial charge is 0.381 e. The predicted molar refractivity (Wildman–Crippen MR) is 93.6 cm³/mol. The number of carbonyl (C=O) groups excluding carboxylic acids is 1. The Morgan fingerprint density at radius 3 is 2.88 bits per heavy atom. The van der Waals surface area contributed by atoms with Crippen LogP contribution in [0.3, 0.4) is 0 Å². The van der Waals surface area contributed by atoms with Crippen LogP contribution in [0.4, 0.5) is 5.82 Å². The van der Waals surface area contributed by atoms with Crippen molar-refractivity contribution in [3.8, 4) is 0 Å². The van der Waals surface area contributed by atoms with Crippen LogP contribution in [-0.2, 0) is 22.6 Å². The monoisotopic (exact) mass is 325 g/mol. The number of nitrogens with zero attached hydrogens (tertiary/aromatic N) is 2. The van der Waals surface area contributed by atoms with Gasteiger partial charge in [-0.25, -0.2) is 4.98 Å². The van der Waals surface area contributed by atoms with Crippen molar-refractivity contribution in [3.05, 3.63) is 59.8 Å². The predicted octanol–water partition coefficient (Wildman–Crippen LogP) is 2.37. The second-order valence-corrected chi connectivity index (χ2v) is 6.11. The lowest BCUT2D eigenvalue weighted by Crippen LogP contribution is -2.31. The van der Waals surface area contributed by atoms with E-state index in [0.29, 0.717) is 19.8 Å². The van der Waals surface area contributed by atoms with Gasteiger partial charge in [0.05, 0.1) is 12.5 Å². The van der Waals surface area contributed by atoms with Gasteiger partial charge in [-0.3, -0.25) is 4.79 Å². The van der Waals surface area contributed by atoms with E-state index in [1.165, 1.54) is 5.56 Å². The number of hydrogen-bond donors (Lipinski definition) is 1. The van der Waals surface area contributed by atoms with Gasteiger partial charge < -0.3 is 15.0 Å². The average molecular weight is 325 g/mol. The van der Waals surface area contributed by atoms with Crippen LogP contribution in [-0.4, -0.2) is 31.2 Å². The number of anilines is 1. The fourth-order valence-corrected chi connectivity index (χ4v) is 2.91. The molecule has 5 heteroatoms. The number of benzene rings is 1. The van der Waals surface area contributed by atoms with Crippen LogP contribution in [0.1, 0.15) is 17.5 Å². The van der Waals surface area contributed by atoms with Crippen LogP contribution in [0.25, 0.3) is 0 Å². The molecule has 126 valence electrons. The summed E-state index contributed by atoms with van der Waals surface area (Å²) < 4.78 is 5.28. The molecule has 24 heavy (non-hydrogen) atoms. The fraction of sp³-hybridized carbons (Fsp3) is 0.368. The maximum atomic E-state index is 12.2. The van der Waals surface area contributed by atoms with Crippen molar-refractivity contribution in [2.45, 2.75) is 19.5 Å². The Balaban J connectivity index is 1.64. The molecule has 1 amide bonds. The third-order valence-corrected chi connectivity index (χ3v) is 4.25. The lowest BCUT2D eigenvalue weighted by molar-refractivity contribution is -0.125. The summed E-state index contributed by atoms with van der Waals surface area (Å²) in [5.74, 6) is 0.935. The Morgan fingerprint density at radius 1 is 1.29 bits per heavy atom. The van der Waals surface area contributed by atoms with Crippen molar-refractivity contribution in [3.63, 3.8) is 0 Å². The molecule has 2 heterocycles. The number of rotatable bonds is 6. The molecule has 1 aromatic carbocycles. The Hall–Kier alpha value is -2.40. The van der Waals surface area contributed by atoms with Gasteiger partial charge in [0.2, 0.25) is 5.91 Å². The lowest BCUT2D eigenvalue weighted by Gasteiger charge is -2.21. The van der Waals surface area contributed by atoms with Crippen LogP contribution >= 0.6 is 0 Å². The summed E-state index contributed by atoms with van der Waals surface area (Å²) in [5, 5.41) is 3.01. The minimum Gasteiger partial charge on any atom is -0.381 e. The van der Waals surface area contributed by atoms with Gasteiger partial charge in [0.1, 0.15) is 5.82 Å². The van der Waals surface area contributed by atoms with Crippen LogP contribution in [0.2, 0.25) is 0 Å². The minimum absolute atomic E-state index is 0.0211. The highest BCUT2D eigenvalue weighted by atomic mass is 16.5. The van der Waals surface area contributed by atoms with Crippen molar-refractivity contribution < 1.29 is 9.53 Å². The van der Waals surface area contributed by atoms with Gasteiger partial charge in [-0.05, 0) is 18.1 Å². The van der Waals surface area contributed by atoms with Gasteiger partial charge in [0.25, 0.3) is 0 Å². The summed E-state index contributed by atoms with van der Waals surface area (Å²) >= 11 is 0. The molecule has 1 saturated heterocycles. The molecule has 1 aliphatic heterocycles. The SMILES string of the molecule is CN(Cc1ccccc1)c1ncccc1CNC(=O)[C@H]1CCOC1. The molecule has 1 fully saturated rings. The smallest absolute Gasteiger partial charge is 0.225 e. The zero-order valence-corrected chi connectivity index (χ0v) is 13.9. The molecule has 0 spiro atoms. The van der Waals surface area contributed by atoms with E-state index >= 15 is 0 Å². The van der Waals surface area contributed by atoms with Crippen molar-refractivity contribution in [2.24, 2.45) is 5.92 Å². The molecule has 5 nitrogen and oxygen atoms in total. The first-order valence-electron chi connectivity index (χ1n) is 8.28. The van der Waals surface area contributed by atoms with E-state index in [-0.39, 0.29) is 11.8 Å². The Morgan fingerprint density at radius 2 is 2.12 bits per heavy atom. The van der Waals surface area contributed by atoms with Gasteiger partial charge in [-0.1, -0.05) is 36.4 Å². The van der Waals surface area contributed by atoms with Crippen molar-refractivity contribution in [1.29, 1.82) is 0 Å². The summed E-state index contributed by atoms with van der Waals surface area (Å²) in [6.45, 7) is 2.46. The number of carbonyl (C=O) groups is 1. The Kier molecular flexibility index (Phi) is 5.43. The van der Waals surface area contributed by atoms with Crippen LogP contribution in [0.15, 0.2) is 48.7 Å². The van der Waals surface area contributed by atoms with Crippen molar-refractivity contribution in [1.82, 2.24) is 10.3 Å². The zero-order chi connectivity index (χ0) is 16.8. The second-order valence-electron chi connectivity index (χ2n) is 6.11. The molecule has 1 N–H and O–H groups in total. The summed E-state index contributed by atoms with van der Waals surface area (Å²) in [5.41, 5.74) is 2.24. The van der Waals surface area contributed by atoms with Crippen LogP contribution in [0, 0.1) is 5.92 Å². The highest BCUT2D eigenvalue weighted by Crippen LogP contribution is 2.19. The van der Waals surface area contributed by atoms with Crippen molar-refractivity contribution >= 4 is 11.7 Å². The molecule has 3 rings (SSSR count). The minimum atomic E-state index is -0.0211. The van der Waals surface area contributed by atoms with Crippen LogP contribution in [0.5, 0.6) is 0 Å². The molecule has 1 aliphatic rings. The molecule has 1 aromatic heterocycles. The van der Waals surface area contributed by atoms with E-state index in [1.807, 2.05) is 37.4 Å². The summed E-state index contributed by atoms with van der Waals surface area (Å²) in [7, 11) is 2.02. The highest BCUT2D eigenvalue weighted by Gasteiger charge is 2.23. The molecule has 2 aromatic rings. The summed E-state index contributed by atoms with van der Waals surface area (Å²) in [4.78, 5) is 18.8. The molecule has 0 bridgehead atoms. The number of ether oxygens (including phenoxy) is 1. The van der Waals surface area contributed by atoms with Gasteiger partial charge in [0.15, 0.2) is 0 Å². The molecule has 0 aliphatic carbocycles. The molecular weight excluding hydrogens is 302 g/mol. The van der Waals surface area contributed by atoms with Gasteiger partial charge in [-0.15, -0.1) is 0 Å². The number of hydrogen-bond acceptors (Lipinski definition) is 4. The standard InChI is InChI=1S/C19H23N3O2/c1-22(13-15-6-3-2-4-7-15)18-16(8-5-10-20-18)12-21-19(23)17-9-11-24-14-17/h2-8,10,17H,9,11-14H2,1H3,(H,21,23)/t17-/m0/s1. The average Bonchev–Trinajstić information content (AvgIpc) is 3.15. The topological polar surface area (TPSA) is 54.5 Å². The van der Waals surface area contributed by atoms with Crippen molar-refractivity contribution in [2.75, 3.05) is 25.2 Å². The Bertz CT molecular complexity index is 669. The molecular formula is C19H23N3O2. The second kappa shape index (κ2) is 7.93. The van der Waals surface area contributed by atoms with E-state index in [4.69, 9.17) is 4.74 Å². The van der Waals surface area contributed by atoms with E-state index in [0.717, 1.165) is 24.3 Å². The first kappa shape index (κ1) is 16.5. The number of amides is 1. The third kappa shape index (κ3) is 4.11. The maximum Gasteiger partial charge on any atom is 0.225 e. The number of pyridine rings is 1. The van der Waals surface area contributed by atoms with Gasteiger partial charge >= 0.3 is 0 Å². The first-order chi connectivity index (χ1) is 11.7. The normalized spacial score (nSPS) is 16.8. The molecule has 0 unspecified atom stereocenters. The first-order valence-corrected chi connectivity index (χ1v) is 8.28. The van der Waals surface area contributed by atoms with E-state index in [1.54, 1.807) is 6.20 Å². The van der Waals surface area contributed by atoms with E-state index in [9.17, 15) is 4.79 Å². The quantitative estimate of drug-likeness (QED) is 0.886. The Labute approximate surface area is 142 Å². The highest BCUT2D eigenvalue weighted by molar-refractivity contribution is 5.79. The van der Waals surface area contributed by atoms with Gasteiger partial charge in [-0.2, -0.15) is 0 Å². The fourth-order valence-electron chi connectivity index (χ4n) is 2.91. The number of nitrogens with one attached hydrogen (secondary N) is 1. The maximum absolute atomic E-state index is 12.2. The summed E-state index contributed by atoms with van der Waals surface area (Å²) in [6.07, 6.45) is 2.59. The number of aromatic nitrogens is 1. The molecule has 1 atom stereocenters.